The standard InChI is InChI=1S/C56H37NO/c1-3-14-39(15-4-1)49-21-9-11-24-53(49)57(44-31-28-41(29-32-44)47-23-13-19-38-18-7-8-20-46(38)47)45-33-34-48(51(37-45)40-16-5-2-6-17-40)43-27-26-42-30-35-55-56(52(42)36-43)50-22-10-12-25-54(50)58-55/h1-37H. The number of fused-ring (bicyclic) bond motifs is 6. The van der Waals surface area contributed by atoms with Gasteiger partial charge in [-0.1, -0.05) is 176 Å². The number of nitrogens with zero attached hydrogens (tertiary/aromatic N) is 1. The molecule has 0 radical (unpaired) electrons. The van der Waals surface area contributed by atoms with Gasteiger partial charge in [0.05, 0.1) is 5.69 Å². The average molecular weight is 740 g/mol. The molecule has 0 aliphatic carbocycles. The summed E-state index contributed by atoms with van der Waals surface area (Å²) in [5.74, 6) is 0. The molecule has 0 atom stereocenters. The van der Waals surface area contributed by atoms with E-state index in [1.54, 1.807) is 0 Å². The molecule has 0 fully saturated rings. The minimum absolute atomic E-state index is 0.906. The van der Waals surface area contributed by atoms with E-state index in [0.717, 1.165) is 61.3 Å². The van der Waals surface area contributed by atoms with Crippen molar-refractivity contribution in [2.75, 3.05) is 4.90 Å². The largest absolute Gasteiger partial charge is 0.456 e. The average Bonchev–Trinajstić information content (AvgIpc) is 3.69. The molecule has 0 N–H and O–H groups in total. The van der Waals surface area contributed by atoms with E-state index in [1.807, 2.05) is 6.07 Å². The molecule has 0 spiro atoms. The molecular formula is C56H37NO. The van der Waals surface area contributed by atoms with Crippen LogP contribution >= 0.6 is 0 Å². The summed E-state index contributed by atoms with van der Waals surface area (Å²) in [6.07, 6.45) is 0. The van der Waals surface area contributed by atoms with Gasteiger partial charge in [0.2, 0.25) is 0 Å². The number of para-hydroxylation sites is 2. The highest BCUT2D eigenvalue weighted by molar-refractivity contribution is 6.19. The molecule has 0 bridgehead atoms. The number of anilines is 3. The number of benzene rings is 10. The molecule has 11 rings (SSSR count). The van der Waals surface area contributed by atoms with E-state index in [0.29, 0.717) is 0 Å². The monoisotopic (exact) mass is 739 g/mol. The lowest BCUT2D eigenvalue weighted by Gasteiger charge is -2.29. The molecule has 0 aliphatic rings. The Balaban J connectivity index is 1.11. The van der Waals surface area contributed by atoms with Crippen molar-refractivity contribution in [3.8, 4) is 44.5 Å². The summed E-state index contributed by atoms with van der Waals surface area (Å²) in [6, 6.07) is 80.8. The Bertz CT molecular complexity index is 3270. The molecule has 11 aromatic rings. The fraction of sp³-hybridized carbons (Fsp3) is 0. The Labute approximate surface area is 337 Å². The highest BCUT2D eigenvalue weighted by atomic mass is 16.3. The molecular weight excluding hydrogens is 703 g/mol. The van der Waals surface area contributed by atoms with Gasteiger partial charge in [-0.2, -0.15) is 0 Å². The molecule has 58 heavy (non-hydrogen) atoms. The zero-order chi connectivity index (χ0) is 38.4. The van der Waals surface area contributed by atoms with Gasteiger partial charge in [-0.15, -0.1) is 0 Å². The first-order valence-electron chi connectivity index (χ1n) is 19.8. The molecule has 0 aliphatic heterocycles. The second kappa shape index (κ2) is 14.1. The molecule has 2 nitrogen and oxygen atoms in total. The lowest BCUT2D eigenvalue weighted by Crippen LogP contribution is -2.11. The summed E-state index contributed by atoms with van der Waals surface area (Å²) in [5.41, 5.74) is 14.5. The SMILES string of the molecule is c1ccc(-c2cc(N(c3ccc(-c4cccc5ccccc45)cc3)c3ccccc3-c3ccccc3)ccc2-c2ccc3ccc4oc5ccccc5c4c3c2)cc1. The first kappa shape index (κ1) is 33.6. The van der Waals surface area contributed by atoms with E-state index >= 15 is 0 Å². The zero-order valence-corrected chi connectivity index (χ0v) is 31.7. The van der Waals surface area contributed by atoms with Crippen LogP contribution in [0.5, 0.6) is 0 Å². The van der Waals surface area contributed by atoms with Crippen molar-refractivity contribution < 1.29 is 4.42 Å². The van der Waals surface area contributed by atoms with Gasteiger partial charge in [0.15, 0.2) is 0 Å². The third kappa shape index (κ3) is 5.82. The van der Waals surface area contributed by atoms with Crippen molar-refractivity contribution in [1.82, 2.24) is 0 Å². The van der Waals surface area contributed by atoms with E-state index in [-0.39, 0.29) is 0 Å². The summed E-state index contributed by atoms with van der Waals surface area (Å²) in [4.78, 5) is 2.41. The lowest BCUT2D eigenvalue weighted by atomic mass is 9.91. The van der Waals surface area contributed by atoms with Gasteiger partial charge in [-0.25, -0.2) is 0 Å². The maximum atomic E-state index is 6.31. The number of furan rings is 1. The highest BCUT2D eigenvalue weighted by Crippen LogP contribution is 2.45. The highest BCUT2D eigenvalue weighted by Gasteiger charge is 2.20. The summed E-state index contributed by atoms with van der Waals surface area (Å²) < 4.78 is 6.31. The molecule has 0 unspecified atom stereocenters. The van der Waals surface area contributed by atoms with E-state index in [4.69, 9.17) is 4.42 Å². The lowest BCUT2D eigenvalue weighted by molar-refractivity contribution is 0.669. The van der Waals surface area contributed by atoms with E-state index in [9.17, 15) is 0 Å². The van der Waals surface area contributed by atoms with Crippen LogP contribution in [0.15, 0.2) is 229 Å². The first-order chi connectivity index (χ1) is 28.8. The summed E-state index contributed by atoms with van der Waals surface area (Å²) in [6.45, 7) is 0. The summed E-state index contributed by atoms with van der Waals surface area (Å²) in [5, 5.41) is 7.16. The van der Waals surface area contributed by atoms with Crippen LogP contribution in [0.2, 0.25) is 0 Å². The molecule has 272 valence electrons. The van der Waals surface area contributed by atoms with Gasteiger partial charge in [-0.3, -0.25) is 0 Å². The van der Waals surface area contributed by atoms with Crippen molar-refractivity contribution in [1.29, 1.82) is 0 Å². The minimum atomic E-state index is 0.906. The third-order valence-corrected chi connectivity index (χ3v) is 11.5. The van der Waals surface area contributed by atoms with E-state index < -0.39 is 0 Å². The van der Waals surface area contributed by atoms with Gasteiger partial charge < -0.3 is 9.32 Å². The minimum Gasteiger partial charge on any atom is -0.456 e. The number of hydrogen-bond donors (Lipinski definition) is 0. The van der Waals surface area contributed by atoms with Crippen LogP contribution in [-0.2, 0) is 0 Å². The normalized spacial score (nSPS) is 11.4. The topological polar surface area (TPSA) is 16.4 Å². The molecule has 1 heterocycles. The van der Waals surface area contributed by atoms with Crippen LogP contribution in [0.3, 0.4) is 0 Å². The van der Waals surface area contributed by atoms with Crippen molar-refractivity contribution in [3.05, 3.63) is 224 Å². The van der Waals surface area contributed by atoms with E-state index in [2.05, 4.69) is 223 Å². The van der Waals surface area contributed by atoms with E-state index in [1.165, 1.54) is 43.8 Å². The first-order valence-corrected chi connectivity index (χ1v) is 19.8. The van der Waals surface area contributed by atoms with Gasteiger partial charge in [0, 0.05) is 27.7 Å². The van der Waals surface area contributed by atoms with Crippen LogP contribution in [0, 0.1) is 0 Å². The Kier molecular flexibility index (Phi) is 8.19. The van der Waals surface area contributed by atoms with Crippen LogP contribution in [0.1, 0.15) is 0 Å². The van der Waals surface area contributed by atoms with Crippen molar-refractivity contribution >= 4 is 60.5 Å². The fourth-order valence-corrected chi connectivity index (χ4v) is 8.72. The fourth-order valence-electron chi connectivity index (χ4n) is 8.72. The smallest absolute Gasteiger partial charge is 0.136 e. The van der Waals surface area contributed by atoms with Gasteiger partial charge >= 0.3 is 0 Å². The molecule has 0 saturated heterocycles. The second-order valence-corrected chi connectivity index (χ2v) is 14.9. The number of rotatable bonds is 7. The summed E-state index contributed by atoms with van der Waals surface area (Å²) >= 11 is 0. The van der Waals surface area contributed by atoms with Gasteiger partial charge in [0.1, 0.15) is 11.2 Å². The van der Waals surface area contributed by atoms with Crippen LogP contribution < -0.4 is 4.90 Å². The molecule has 10 aromatic carbocycles. The maximum absolute atomic E-state index is 6.31. The Hall–Kier alpha value is -7.68. The van der Waals surface area contributed by atoms with Crippen molar-refractivity contribution in [2.45, 2.75) is 0 Å². The zero-order valence-electron chi connectivity index (χ0n) is 31.7. The van der Waals surface area contributed by atoms with Gasteiger partial charge in [0.25, 0.3) is 0 Å². The van der Waals surface area contributed by atoms with Crippen LogP contribution in [0.25, 0.3) is 88.0 Å². The predicted octanol–water partition coefficient (Wildman–Crippen LogP) is 16.0. The molecule has 1 aromatic heterocycles. The maximum Gasteiger partial charge on any atom is 0.136 e. The molecule has 0 saturated carbocycles. The Morgan fingerprint density at radius 2 is 0.879 bits per heavy atom. The van der Waals surface area contributed by atoms with Crippen molar-refractivity contribution in [2.24, 2.45) is 0 Å². The number of hydrogen-bond acceptors (Lipinski definition) is 2. The van der Waals surface area contributed by atoms with Crippen LogP contribution in [0.4, 0.5) is 17.1 Å². The third-order valence-electron chi connectivity index (χ3n) is 11.5. The Morgan fingerprint density at radius 1 is 0.293 bits per heavy atom. The van der Waals surface area contributed by atoms with Crippen LogP contribution in [-0.4, -0.2) is 0 Å². The molecule has 2 heteroatoms. The van der Waals surface area contributed by atoms with Crippen molar-refractivity contribution in [3.63, 3.8) is 0 Å². The van der Waals surface area contributed by atoms with Gasteiger partial charge in [-0.05, 0) is 109 Å². The summed E-state index contributed by atoms with van der Waals surface area (Å²) in [7, 11) is 0. The quantitative estimate of drug-likeness (QED) is 0.162. The molecule has 0 amide bonds. The second-order valence-electron chi connectivity index (χ2n) is 14.9. The predicted molar refractivity (Wildman–Crippen MR) is 245 cm³/mol. The Morgan fingerprint density at radius 3 is 1.71 bits per heavy atom.